The van der Waals surface area contributed by atoms with Crippen LogP contribution in [0.5, 0.6) is 0 Å². The summed E-state index contributed by atoms with van der Waals surface area (Å²) in [5.74, 6) is -0.311. The standard InChI is InChI=1S/C25H27F6N3O.2ClH/c1-16(19-11-20(24(26,27)28)13-21(12-19)25(29,30)31)33(2)22(35)23(34-9-7-32-8-10-34)14-17-5-3-4-6-18(17)15-23;;/h3-6,11-13,16,32H,7-10,14-15H2,1-2H3;2*1H. The lowest BCUT2D eigenvalue weighted by molar-refractivity contribution is -0.145. The van der Waals surface area contributed by atoms with Crippen molar-refractivity contribution in [3.63, 3.8) is 0 Å². The van der Waals surface area contributed by atoms with E-state index >= 15 is 0 Å². The smallest absolute Gasteiger partial charge is 0.337 e. The zero-order chi connectivity index (χ0) is 25.6. The molecule has 37 heavy (non-hydrogen) atoms. The molecule has 2 aromatic carbocycles. The summed E-state index contributed by atoms with van der Waals surface area (Å²) in [5.41, 5.74) is -1.88. The van der Waals surface area contributed by atoms with Crippen LogP contribution in [0.3, 0.4) is 0 Å². The van der Waals surface area contributed by atoms with E-state index in [4.69, 9.17) is 0 Å². The largest absolute Gasteiger partial charge is 0.416 e. The van der Waals surface area contributed by atoms with E-state index in [1.165, 1.54) is 18.9 Å². The maximum atomic E-state index is 14.0. The topological polar surface area (TPSA) is 35.6 Å². The summed E-state index contributed by atoms with van der Waals surface area (Å²) in [5, 5.41) is 3.25. The summed E-state index contributed by atoms with van der Waals surface area (Å²) in [7, 11) is 1.45. The predicted octanol–water partition coefficient (Wildman–Crippen LogP) is 5.53. The van der Waals surface area contributed by atoms with Gasteiger partial charge in [0.05, 0.1) is 17.2 Å². The molecule has 1 atom stereocenters. The Morgan fingerprint density at radius 1 is 0.919 bits per heavy atom. The van der Waals surface area contributed by atoms with Crippen molar-refractivity contribution < 1.29 is 31.1 Å². The van der Waals surface area contributed by atoms with Gasteiger partial charge in [-0.3, -0.25) is 9.69 Å². The minimum Gasteiger partial charge on any atom is -0.337 e. The van der Waals surface area contributed by atoms with Crippen LogP contribution in [0, 0.1) is 0 Å². The molecule has 2 aliphatic rings. The molecule has 1 unspecified atom stereocenters. The summed E-state index contributed by atoms with van der Waals surface area (Å²) >= 11 is 0. The van der Waals surface area contributed by atoms with Gasteiger partial charge in [0.25, 0.3) is 0 Å². The summed E-state index contributed by atoms with van der Waals surface area (Å²) in [4.78, 5) is 17.4. The number of fused-ring (bicyclic) bond motifs is 1. The van der Waals surface area contributed by atoms with Crippen molar-refractivity contribution in [3.8, 4) is 0 Å². The Hall–Kier alpha value is -2.01. The lowest BCUT2D eigenvalue weighted by Gasteiger charge is -2.45. The molecule has 0 spiro atoms. The molecule has 0 aromatic heterocycles. The molecule has 206 valence electrons. The second-order valence-electron chi connectivity index (χ2n) is 9.32. The SMILES string of the molecule is CC(c1cc(C(F)(F)F)cc(C(F)(F)F)c1)N(C)C(=O)C1(N2CCNCC2)Cc2ccccc2C1.Cl.Cl. The molecular weight excluding hydrogens is 543 g/mol. The zero-order valence-electron chi connectivity index (χ0n) is 20.2. The third-order valence-electron chi connectivity index (χ3n) is 7.20. The average molecular weight is 572 g/mol. The van der Waals surface area contributed by atoms with E-state index < -0.39 is 35.1 Å². The van der Waals surface area contributed by atoms with Crippen molar-refractivity contribution in [2.45, 2.75) is 43.7 Å². The molecule has 4 nitrogen and oxygen atoms in total. The Labute approximate surface area is 224 Å². The van der Waals surface area contributed by atoms with Gasteiger partial charge >= 0.3 is 12.4 Å². The number of amides is 1. The van der Waals surface area contributed by atoms with Crippen molar-refractivity contribution in [3.05, 3.63) is 70.3 Å². The molecule has 1 fully saturated rings. The number of carbonyl (C=O) groups is 1. The van der Waals surface area contributed by atoms with Crippen molar-refractivity contribution in [2.24, 2.45) is 0 Å². The number of carbonyl (C=O) groups excluding carboxylic acids is 1. The maximum Gasteiger partial charge on any atom is 0.416 e. The van der Waals surface area contributed by atoms with E-state index in [1.54, 1.807) is 0 Å². The summed E-state index contributed by atoms with van der Waals surface area (Å²) < 4.78 is 80.4. The number of rotatable bonds is 4. The highest BCUT2D eigenvalue weighted by atomic mass is 35.5. The monoisotopic (exact) mass is 571 g/mol. The predicted molar refractivity (Wildman–Crippen MR) is 133 cm³/mol. The Morgan fingerprint density at radius 2 is 1.38 bits per heavy atom. The number of halogens is 8. The number of benzene rings is 2. The third kappa shape index (κ3) is 6.19. The molecule has 2 aromatic rings. The minimum absolute atomic E-state index is 0. The second-order valence-corrected chi connectivity index (χ2v) is 9.32. The number of piperazine rings is 1. The van der Waals surface area contributed by atoms with Crippen LogP contribution in [0.25, 0.3) is 0 Å². The molecule has 1 saturated heterocycles. The molecular formula is C25H29Cl2F6N3O. The fourth-order valence-electron chi connectivity index (χ4n) is 5.15. The first-order valence-corrected chi connectivity index (χ1v) is 11.4. The van der Waals surface area contributed by atoms with E-state index in [9.17, 15) is 31.1 Å². The van der Waals surface area contributed by atoms with Crippen LogP contribution in [-0.4, -0.2) is 54.5 Å². The molecule has 0 radical (unpaired) electrons. The van der Waals surface area contributed by atoms with E-state index in [1.807, 2.05) is 24.3 Å². The maximum absolute atomic E-state index is 14.0. The highest BCUT2D eigenvalue weighted by molar-refractivity contribution is 5.88. The highest BCUT2D eigenvalue weighted by Gasteiger charge is 2.50. The minimum atomic E-state index is -4.95. The van der Waals surface area contributed by atoms with Gasteiger partial charge in [0.2, 0.25) is 5.91 Å². The quantitative estimate of drug-likeness (QED) is 0.490. The zero-order valence-corrected chi connectivity index (χ0v) is 21.9. The van der Waals surface area contributed by atoms with E-state index in [2.05, 4.69) is 10.2 Å². The van der Waals surface area contributed by atoms with E-state index in [0.29, 0.717) is 51.2 Å². The Bertz CT molecular complexity index is 1050. The van der Waals surface area contributed by atoms with Gasteiger partial charge in [0, 0.05) is 46.1 Å². The first-order valence-electron chi connectivity index (χ1n) is 11.4. The molecule has 1 heterocycles. The number of nitrogens with one attached hydrogen (secondary N) is 1. The molecule has 0 bridgehead atoms. The summed E-state index contributed by atoms with van der Waals surface area (Å²) in [6.07, 6.45) is -9.02. The fraction of sp³-hybridized carbons (Fsp3) is 0.480. The molecule has 0 saturated carbocycles. The van der Waals surface area contributed by atoms with Crippen molar-refractivity contribution in [1.82, 2.24) is 15.1 Å². The molecule has 1 aliphatic carbocycles. The number of hydrogen-bond donors (Lipinski definition) is 1. The number of alkyl halides is 6. The van der Waals surface area contributed by atoms with Crippen LogP contribution in [0.2, 0.25) is 0 Å². The number of hydrogen-bond acceptors (Lipinski definition) is 3. The lowest BCUT2D eigenvalue weighted by atomic mass is 9.89. The molecule has 1 amide bonds. The van der Waals surface area contributed by atoms with Crippen LogP contribution >= 0.6 is 24.8 Å². The Morgan fingerprint density at radius 3 is 1.81 bits per heavy atom. The van der Waals surface area contributed by atoms with Gasteiger partial charge < -0.3 is 10.2 Å². The van der Waals surface area contributed by atoms with Gasteiger partial charge in [0.1, 0.15) is 5.54 Å². The summed E-state index contributed by atoms with van der Waals surface area (Å²) in [6.45, 7) is 4.06. The van der Waals surface area contributed by atoms with E-state index in [0.717, 1.165) is 11.1 Å². The molecule has 1 aliphatic heterocycles. The van der Waals surface area contributed by atoms with Gasteiger partial charge in [-0.1, -0.05) is 24.3 Å². The van der Waals surface area contributed by atoms with Crippen molar-refractivity contribution in [1.29, 1.82) is 0 Å². The van der Waals surface area contributed by atoms with Gasteiger partial charge in [-0.05, 0) is 41.8 Å². The highest BCUT2D eigenvalue weighted by Crippen LogP contribution is 2.40. The van der Waals surface area contributed by atoms with Gasteiger partial charge in [0.15, 0.2) is 0 Å². The summed E-state index contributed by atoms with van der Waals surface area (Å²) in [6, 6.07) is 8.20. The number of nitrogens with zero attached hydrogens (tertiary/aromatic N) is 2. The van der Waals surface area contributed by atoms with Crippen LogP contribution < -0.4 is 5.32 Å². The Balaban J connectivity index is 0.00000241. The molecule has 4 rings (SSSR count). The first kappa shape index (κ1) is 31.2. The average Bonchev–Trinajstić information content (AvgIpc) is 3.22. The third-order valence-corrected chi connectivity index (χ3v) is 7.20. The van der Waals surface area contributed by atoms with Crippen LogP contribution in [-0.2, 0) is 30.0 Å². The van der Waals surface area contributed by atoms with Crippen LogP contribution in [0.1, 0.15) is 40.8 Å². The van der Waals surface area contributed by atoms with Gasteiger partial charge in [-0.15, -0.1) is 24.8 Å². The Kier molecular flexibility index (Phi) is 9.61. The molecule has 12 heteroatoms. The second kappa shape index (κ2) is 11.4. The van der Waals surface area contributed by atoms with Gasteiger partial charge in [-0.2, -0.15) is 26.3 Å². The fourth-order valence-corrected chi connectivity index (χ4v) is 5.15. The van der Waals surface area contributed by atoms with Gasteiger partial charge in [-0.25, -0.2) is 0 Å². The van der Waals surface area contributed by atoms with Crippen molar-refractivity contribution >= 4 is 30.7 Å². The van der Waals surface area contributed by atoms with Crippen LogP contribution in [0.15, 0.2) is 42.5 Å². The number of likely N-dealkylation sites (N-methyl/N-ethyl adjacent to an activating group) is 1. The molecule has 1 N–H and O–H groups in total. The first-order chi connectivity index (χ1) is 16.3. The lowest BCUT2D eigenvalue weighted by Crippen LogP contribution is -2.64. The normalized spacial score (nSPS) is 18.3. The van der Waals surface area contributed by atoms with E-state index in [-0.39, 0.29) is 42.4 Å². The van der Waals surface area contributed by atoms with Crippen LogP contribution in [0.4, 0.5) is 26.3 Å². The van der Waals surface area contributed by atoms with Crippen molar-refractivity contribution in [2.75, 3.05) is 33.2 Å².